The molecule has 5 heteroatoms. The van der Waals surface area contributed by atoms with Crippen LogP contribution in [0.1, 0.15) is 45.7 Å². The lowest BCUT2D eigenvalue weighted by Crippen LogP contribution is -2.34. The van der Waals surface area contributed by atoms with Crippen LogP contribution in [0.5, 0.6) is 5.75 Å². The van der Waals surface area contributed by atoms with E-state index in [1.54, 1.807) is 7.11 Å². The van der Waals surface area contributed by atoms with Crippen LogP contribution in [0, 0.1) is 0 Å². The summed E-state index contributed by atoms with van der Waals surface area (Å²) in [4.78, 5) is 11.5. The van der Waals surface area contributed by atoms with Crippen LogP contribution in [0.15, 0.2) is 24.3 Å². The van der Waals surface area contributed by atoms with Crippen LogP contribution >= 0.6 is 0 Å². The predicted molar refractivity (Wildman–Crippen MR) is 88.3 cm³/mol. The highest BCUT2D eigenvalue weighted by Gasteiger charge is 2.15. The number of hydrogen-bond acceptors (Lipinski definition) is 4. The molecule has 124 valence electrons. The molecule has 0 saturated heterocycles. The van der Waals surface area contributed by atoms with E-state index in [-0.39, 0.29) is 12.1 Å². The molecule has 1 aromatic rings. The molecule has 1 atom stereocenters. The maximum atomic E-state index is 11.5. The minimum atomic E-state index is -0.453. The first-order chi connectivity index (χ1) is 10.3. The zero-order chi connectivity index (χ0) is 16.6. The summed E-state index contributed by atoms with van der Waals surface area (Å²) in [6, 6.07) is 8.27. The van der Waals surface area contributed by atoms with E-state index in [0.717, 1.165) is 18.7 Å². The van der Waals surface area contributed by atoms with E-state index >= 15 is 0 Å². The first-order valence-corrected chi connectivity index (χ1v) is 7.66. The number of ether oxygens (including phenoxy) is 2. The molecule has 0 heterocycles. The standard InChI is InChI=1S/C17H28N2O3/c1-13(14-7-9-15(21-5)10-8-14)18-11-6-12-19-16(20)22-17(2,3)4/h7-10,13,18H,6,11-12H2,1-5H3,(H,19,20)/t13-/m1/s1. The van der Waals surface area contributed by atoms with Crippen LogP contribution in [0.25, 0.3) is 0 Å². The van der Waals surface area contributed by atoms with Gasteiger partial charge in [0.15, 0.2) is 0 Å². The number of hydrogen-bond donors (Lipinski definition) is 2. The molecular weight excluding hydrogens is 280 g/mol. The van der Waals surface area contributed by atoms with Crippen molar-refractivity contribution in [2.45, 2.75) is 45.8 Å². The number of benzene rings is 1. The van der Waals surface area contributed by atoms with Gasteiger partial charge in [-0.25, -0.2) is 4.79 Å². The summed E-state index contributed by atoms with van der Waals surface area (Å²) in [7, 11) is 1.66. The van der Waals surface area contributed by atoms with Crippen LogP contribution in [-0.2, 0) is 4.74 Å². The van der Waals surface area contributed by atoms with E-state index in [1.165, 1.54) is 5.56 Å². The Morgan fingerprint density at radius 3 is 2.36 bits per heavy atom. The highest BCUT2D eigenvalue weighted by atomic mass is 16.6. The van der Waals surface area contributed by atoms with E-state index in [0.29, 0.717) is 6.54 Å². The van der Waals surface area contributed by atoms with E-state index in [2.05, 4.69) is 29.7 Å². The molecule has 2 N–H and O–H groups in total. The van der Waals surface area contributed by atoms with Crippen LogP contribution in [0.2, 0.25) is 0 Å². The van der Waals surface area contributed by atoms with Gasteiger partial charge in [-0.15, -0.1) is 0 Å². The summed E-state index contributed by atoms with van der Waals surface area (Å²) in [5.74, 6) is 0.859. The number of methoxy groups -OCH3 is 1. The number of amides is 1. The molecule has 0 aliphatic rings. The summed E-state index contributed by atoms with van der Waals surface area (Å²) in [5.41, 5.74) is 0.756. The molecule has 0 saturated carbocycles. The summed E-state index contributed by atoms with van der Waals surface area (Å²) in [6.07, 6.45) is 0.482. The lowest BCUT2D eigenvalue weighted by atomic mass is 10.1. The van der Waals surface area contributed by atoms with E-state index in [4.69, 9.17) is 9.47 Å². The predicted octanol–water partition coefficient (Wildman–Crippen LogP) is 3.26. The van der Waals surface area contributed by atoms with E-state index < -0.39 is 5.60 Å². The second-order valence-electron chi connectivity index (χ2n) is 6.23. The summed E-state index contributed by atoms with van der Waals surface area (Å²) in [5, 5.41) is 6.18. The Balaban J connectivity index is 2.19. The Morgan fingerprint density at radius 1 is 1.18 bits per heavy atom. The Kier molecular flexibility index (Phi) is 7.18. The van der Waals surface area contributed by atoms with Crippen molar-refractivity contribution < 1.29 is 14.3 Å². The van der Waals surface area contributed by atoms with Gasteiger partial charge in [-0.1, -0.05) is 12.1 Å². The number of alkyl carbamates (subject to hydrolysis) is 1. The zero-order valence-corrected chi connectivity index (χ0v) is 14.2. The fraction of sp³-hybridized carbons (Fsp3) is 0.588. The fourth-order valence-electron chi connectivity index (χ4n) is 1.92. The van der Waals surface area contributed by atoms with Crippen molar-refractivity contribution in [3.8, 4) is 5.75 Å². The summed E-state index contributed by atoms with van der Waals surface area (Å²) in [6.45, 7) is 9.09. The van der Waals surface area contributed by atoms with Crippen LogP contribution in [0.4, 0.5) is 4.79 Å². The van der Waals surface area contributed by atoms with Crippen molar-refractivity contribution in [1.29, 1.82) is 0 Å². The third kappa shape index (κ3) is 7.31. The van der Waals surface area contributed by atoms with Gasteiger partial charge in [0.1, 0.15) is 11.4 Å². The lowest BCUT2D eigenvalue weighted by molar-refractivity contribution is 0.0527. The SMILES string of the molecule is COc1ccc([C@@H](C)NCCCNC(=O)OC(C)(C)C)cc1. The minimum absolute atomic E-state index is 0.257. The smallest absolute Gasteiger partial charge is 0.407 e. The molecule has 0 aliphatic heterocycles. The lowest BCUT2D eigenvalue weighted by Gasteiger charge is -2.20. The molecule has 0 bridgehead atoms. The van der Waals surface area contributed by atoms with Gasteiger partial charge in [-0.3, -0.25) is 0 Å². The molecule has 1 amide bonds. The average Bonchev–Trinajstić information content (AvgIpc) is 2.45. The Morgan fingerprint density at radius 2 is 1.82 bits per heavy atom. The van der Waals surface area contributed by atoms with Gasteiger partial charge in [-0.05, 0) is 58.4 Å². The Hall–Kier alpha value is -1.75. The van der Waals surface area contributed by atoms with E-state index in [9.17, 15) is 4.79 Å². The maximum Gasteiger partial charge on any atom is 0.407 e. The molecule has 1 rings (SSSR count). The fourth-order valence-corrected chi connectivity index (χ4v) is 1.92. The summed E-state index contributed by atoms with van der Waals surface area (Å²) < 4.78 is 10.3. The zero-order valence-electron chi connectivity index (χ0n) is 14.2. The second kappa shape index (κ2) is 8.63. The van der Waals surface area contributed by atoms with Crippen LogP contribution in [0.3, 0.4) is 0 Å². The number of carbonyl (C=O) groups excluding carboxylic acids is 1. The molecule has 0 radical (unpaired) electrons. The highest BCUT2D eigenvalue weighted by molar-refractivity contribution is 5.67. The molecule has 22 heavy (non-hydrogen) atoms. The first kappa shape index (κ1) is 18.3. The quantitative estimate of drug-likeness (QED) is 0.759. The normalized spacial score (nSPS) is 12.6. The van der Waals surface area contributed by atoms with Gasteiger partial charge >= 0.3 is 6.09 Å². The van der Waals surface area contributed by atoms with E-state index in [1.807, 2.05) is 32.9 Å². The molecule has 1 aromatic carbocycles. The van der Waals surface area contributed by atoms with Crippen LogP contribution < -0.4 is 15.4 Å². The van der Waals surface area contributed by atoms with Crippen LogP contribution in [-0.4, -0.2) is 31.9 Å². The molecule has 0 unspecified atom stereocenters. The van der Waals surface area contributed by atoms with Crippen molar-refractivity contribution >= 4 is 6.09 Å². The van der Waals surface area contributed by atoms with Gasteiger partial charge < -0.3 is 20.1 Å². The number of rotatable bonds is 7. The molecule has 5 nitrogen and oxygen atoms in total. The largest absolute Gasteiger partial charge is 0.497 e. The second-order valence-corrected chi connectivity index (χ2v) is 6.23. The maximum absolute atomic E-state index is 11.5. The molecule has 0 aliphatic carbocycles. The Bertz CT molecular complexity index is 452. The molecule has 0 spiro atoms. The number of carbonyl (C=O) groups is 1. The monoisotopic (exact) mass is 308 g/mol. The molecule has 0 fully saturated rings. The van der Waals surface area contributed by atoms with Gasteiger partial charge in [0.05, 0.1) is 7.11 Å². The summed E-state index contributed by atoms with van der Waals surface area (Å²) >= 11 is 0. The van der Waals surface area contributed by atoms with Gasteiger partial charge in [0.25, 0.3) is 0 Å². The molecular formula is C17H28N2O3. The average molecular weight is 308 g/mol. The Labute approximate surface area is 133 Å². The van der Waals surface area contributed by atoms with Crippen molar-refractivity contribution in [3.05, 3.63) is 29.8 Å². The highest BCUT2D eigenvalue weighted by Crippen LogP contribution is 2.17. The minimum Gasteiger partial charge on any atom is -0.497 e. The number of nitrogens with one attached hydrogen (secondary N) is 2. The topological polar surface area (TPSA) is 59.6 Å². The third-order valence-corrected chi connectivity index (χ3v) is 3.09. The molecule has 0 aromatic heterocycles. The van der Waals surface area contributed by atoms with Crippen molar-refractivity contribution in [2.24, 2.45) is 0 Å². The van der Waals surface area contributed by atoms with Crippen molar-refractivity contribution in [1.82, 2.24) is 10.6 Å². The van der Waals surface area contributed by atoms with Gasteiger partial charge in [0.2, 0.25) is 0 Å². The van der Waals surface area contributed by atoms with Crippen molar-refractivity contribution in [2.75, 3.05) is 20.2 Å². The van der Waals surface area contributed by atoms with Gasteiger partial charge in [0, 0.05) is 12.6 Å². The van der Waals surface area contributed by atoms with Gasteiger partial charge in [-0.2, -0.15) is 0 Å². The van der Waals surface area contributed by atoms with Crippen molar-refractivity contribution in [3.63, 3.8) is 0 Å². The third-order valence-electron chi connectivity index (χ3n) is 3.09. The first-order valence-electron chi connectivity index (χ1n) is 7.66.